The molecule has 0 aliphatic rings. The van der Waals surface area contributed by atoms with E-state index in [1.54, 1.807) is 0 Å². The first-order valence-corrected chi connectivity index (χ1v) is 8.70. The molecule has 0 fully saturated rings. The molecule has 0 amide bonds. The lowest BCUT2D eigenvalue weighted by atomic mass is 9.98. The third-order valence-electron chi connectivity index (χ3n) is 3.85. The molecule has 3 unspecified atom stereocenters. The molecule has 1 aromatic heterocycles. The Labute approximate surface area is 129 Å². The minimum absolute atomic E-state index is 0.149. The maximum Gasteiger partial charge on any atom is 0.0985 e. The summed E-state index contributed by atoms with van der Waals surface area (Å²) in [4.78, 5) is 6.16. The number of nitrogens with one attached hydrogen (secondary N) is 1. The Hall–Kier alpha value is -0.410. The molecule has 1 heterocycles. The Morgan fingerprint density at radius 1 is 1.20 bits per heavy atom. The van der Waals surface area contributed by atoms with Crippen LogP contribution in [0.1, 0.15) is 82.9 Å². The van der Waals surface area contributed by atoms with Gasteiger partial charge in [-0.2, -0.15) is 0 Å². The normalized spacial score (nSPS) is 17.0. The van der Waals surface area contributed by atoms with Crippen LogP contribution >= 0.6 is 11.3 Å². The van der Waals surface area contributed by atoms with Crippen molar-refractivity contribution in [2.75, 3.05) is 0 Å². The number of aromatic nitrogens is 1. The molecule has 3 atom stereocenters. The summed E-state index contributed by atoms with van der Waals surface area (Å²) in [5.41, 5.74) is 1.34. The Kier molecular flexibility index (Phi) is 6.21. The van der Waals surface area contributed by atoms with Crippen molar-refractivity contribution in [2.45, 2.75) is 85.7 Å². The van der Waals surface area contributed by atoms with Gasteiger partial charge in [-0.3, -0.25) is 0 Å². The fraction of sp³-hybridized carbons (Fsp3) is 0.824. The average Bonchev–Trinajstić information content (AvgIpc) is 2.70. The van der Waals surface area contributed by atoms with E-state index in [-0.39, 0.29) is 5.41 Å². The molecule has 0 aliphatic carbocycles. The van der Waals surface area contributed by atoms with Gasteiger partial charge in [0.05, 0.1) is 10.7 Å². The lowest BCUT2D eigenvalue weighted by Gasteiger charge is -2.22. The maximum atomic E-state index is 4.77. The van der Waals surface area contributed by atoms with Crippen molar-refractivity contribution in [3.63, 3.8) is 0 Å². The molecule has 0 spiro atoms. The van der Waals surface area contributed by atoms with E-state index < -0.39 is 0 Å². The predicted octanol–water partition coefficient (Wildman–Crippen LogP) is 5.22. The summed E-state index contributed by atoms with van der Waals surface area (Å²) in [6, 6.07) is 0.946. The van der Waals surface area contributed by atoms with Gasteiger partial charge in [0.15, 0.2) is 0 Å². The standard InChI is InChI=1S/C17H32N2S/c1-9-11(2)10-12(3)18-13(4)15-14(5)19-16(20-15)17(6,7)8/h11-13,18H,9-10H2,1-8H3. The summed E-state index contributed by atoms with van der Waals surface area (Å²) in [7, 11) is 0. The van der Waals surface area contributed by atoms with Crippen molar-refractivity contribution in [3.05, 3.63) is 15.6 Å². The Bertz CT molecular complexity index is 417. The summed E-state index contributed by atoms with van der Waals surface area (Å²) >= 11 is 1.87. The summed E-state index contributed by atoms with van der Waals surface area (Å²) < 4.78 is 0. The van der Waals surface area contributed by atoms with Crippen LogP contribution in [0, 0.1) is 12.8 Å². The van der Waals surface area contributed by atoms with Crippen LogP contribution in [-0.2, 0) is 5.41 Å². The Morgan fingerprint density at radius 3 is 2.25 bits per heavy atom. The number of rotatable bonds is 6. The van der Waals surface area contributed by atoms with Gasteiger partial charge < -0.3 is 5.32 Å². The summed E-state index contributed by atoms with van der Waals surface area (Å²) in [5, 5.41) is 4.98. The summed E-state index contributed by atoms with van der Waals surface area (Å²) in [6.07, 6.45) is 2.50. The molecule has 1 N–H and O–H groups in total. The van der Waals surface area contributed by atoms with Crippen molar-refractivity contribution in [1.29, 1.82) is 0 Å². The molecule has 20 heavy (non-hydrogen) atoms. The van der Waals surface area contributed by atoms with Crippen LogP contribution < -0.4 is 5.32 Å². The fourth-order valence-corrected chi connectivity index (χ4v) is 3.61. The molecule has 0 saturated heterocycles. The molecule has 0 bridgehead atoms. The van der Waals surface area contributed by atoms with Crippen LogP contribution in [0.25, 0.3) is 0 Å². The molecular weight excluding hydrogens is 264 g/mol. The van der Waals surface area contributed by atoms with Gasteiger partial charge in [-0.05, 0) is 33.1 Å². The van der Waals surface area contributed by atoms with Crippen molar-refractivity contribution in [2.24, 2.45) is 5.92 Å². The van der Waals surface area contributed by atoms with Gasteiger partial charge in [0.2, 0.25) is 0 Å². The zero-order chi connectivity index (χ0) is 15.5. The number of hydrogen-bond donors (Lipinski definition) is 1. The Balaban J connectivity index is 2.73. The van der Waals surface area contributed by atoms with Crippen molar-refractivity contribution < 1.29 is 0 Å². The van der Waals surface area contributed by atoms with E-state index in [4.69, 9.17) is 4.98 Å². The molecule has 2 nitrogen and oxygen atoms in total. The SMILES string of the molecule is CCC(C)CC(C)NC(C)c1sc(C(C)(C)C)nc1C. The second kappa shape index (κ2) is 7.04. The van der Waals surface area contributed by atoms with Gasteiger partial charge in [-0.1, -0.05) is 41.0 Å². The first kappa shape index (κ1) is 17.6. The first-order valence-electron chi connectivity index (χ1n) is 7.89. The van der Waals surface area contributed by atoms with Crippen LogP contribution in [0.2, 0.25) is 0 Å². The molecule has 0 aromatic carbocycles. The van der Waals surface area contributed by atoms with Gasteiger partial charge >= 0.3 is 0 Å². The zero-order valence-corrected chi connectivity index (χ0v) is 15.3. The van der Waals surface area contributed by atoms with Gasteiger partial charge in [0.25, 0.3) is 0 Å². The number of nitrogens with zero attached hydrogens (tertiary/aromatic N) is 1. The van der Waals surface area contributed by atoms with Gasteiger partial charge in [0.1, 0.15) is 0 Å². The van der Waals surface area contributed by atoms with Crippen LogP contribution in [0.15, 0.2) is 0 Å². The lowest BCUT2D eigenvalue weighted by molar-refractivity contribution is 0.387. The molecular formula is C17H32N2S. The first-order chi connectivity index (χ1) is 9.15. The van der Waals surface area contributed by atoms with E-state index in [9.17, 15) is 0 Å². The van der Waals surface area contributed by atoms with Gasteiger partial charge in [-0.25, -0.2) is 4.98 Å². The number of hydrogen-bond acceptors (Lipinski definition) is 3. The lowest BCUT2D eigenvalue weighted by Crippen LogP contribution is -2.30. The third kappa shape index (κ3) is 4.85. The second-order valence-corrected chi connectivity index (χ2v) is 8.29. The predicted molar refractivity (Wildman–Crippen MR) is 90.6 cm³/mol. The van der Waals surface area contributed by atoms with Crippen molar-refractivity contribution >= 4 is 11.3 Å². The minimum Gasteiger partial charge on any atom is -0.307 e. The van der Waals surface area contributed by atoms with E-state index in [1.807, 2.05) is 11.3 Å². The maximum absolute atomic E-state index is 4.77. The van der Waals surface area contributed by atoms with Gasteiger partial charge in [-0.15, -0.1) is 11.3 Å². The van der Waals surface area contributed by atoms with E-state index in [0.717, 1.165) is 5.92 Å². The highest BCUT2D eigenvalue weighted by atomic mass is 32.1. The monoisotopic (exact) mass is 296 g/mol. The van der Waals surface area contributed by atoms with Gasteiger partial charge in [0, 0.05) is 22.4 Å². The molecule has 116 valence electrons. The quantitative estimate of drug-likeness (QED) is 0.778. The van der Waals surface area contributed by atoms with Crippen LogP contribution in [0.3, 0.4) is 0 Å². The van der Waals surface area contributed by atoms with Crippen LogP contribution in [-0.4, -0.2) is 11.0 Å². The molecule has 1 aromatic rings. The minimum atomic E-state index is 0.149. The van der Waals surface area contributed by atoms with E-state index in [1.165, 1.54) is 28.4 Å². The highest BCUT2D eigenvalue weighted by Crippen LogP contribution is 2.32. The van der Waals surface area contributed by atoms with Crippen molar-refractivity contribution in [1.82, 2.24) is 10.3 Å². The number of aryl methyl sites for hydroxylation is 1. The van der Waals surface area contributed by atoms with E-state index >= 15 is 0 Å². The largest absolute Gasteiger partial charge is 0.307 e. The van der Waals surface area contributed by atoms with Crippen LogP contribution in [0.5, 0.6) is 0 Å². The highest BCUT2D eigenvalue weighted by molar-refractivity contribution is 7.12. The second-order valence-electron chi connectivity index (χ2n) is 7.26. The third-order valence-corrected chi connectivity index (χ3v) is 5.62. The van der Waals surface area contributed by atoms with E-state index in [2.05, 4.69) is 60.7 Å². The average molecular weight is 297 g/mol. The zero-order valence-electron chi connectivity index (χ0n) is 14.5. The molecule has 3 heteroatoms. The topological polar surface area (TPSA) is 24.9 Å². The molecule has 1 rings (SSSR count). The molecule has 0 radical (unpaired) electrons. The fourth-order valence-electron chi connectivity index (χ4n) is 2.47. The van der Waals surface area contributed by atoms with Crippen LogP contribution in [0.4, 0.5) is 0 Å². The summed E-state index contributed by atoms with van der Waals surface area (Å²) in [5.74, 6) is 0.789. The smallest absolute Gasteiger partial charge is 0.0985 e. The Morgan fingerprint density at radius 2 is 1.80 bits per heavy atom. The highest BCUT2D eigenvalue weighted by Gasteiger charge is 2.23. The van der Waals surface area contributed by atoms with Crippen molar-refractivity contribution in [3.8, 4) is 0 Å². The van der Waals surface area contributed by atoms with E-state index in [0.29, 0.717) is 12.1 Å². The number of thiazole rings is 1. The summed E-state index contributed by atoms with van der Waals surface area (Å²) in [6.45, 7) is 18.0. The molecule has 0 aliphatic heterocycles. The molecule has 0 saturated carbocycles.